The quantitative estimate of drug-likeness (QED) is 0.922. The summed E-state index contributed by atoms with van der Waals surface area (Å²) in [5, 5.41) is 0. The first-order valence-corrected chi connectivity index (χ1v) is 8.07. The van der Waals surface area contributed by atoms with E-state index in [0.717, 1.165) is 30.2 Å². The van der Waals surface area contributed by atoms with Gasteiger partial charge in [-0.1, -0.05) is 13.8 Å². The van der Waals surface area contributed by atoms with E-state index in [-0.39, 0.29) is 5.54 Å². The van der Waals surface area contributed by atoms with Crippen LogP contribution in [-0.4, -0.2) is 35.5 Å². The highest BCUT2D eigenvalue weighted by atomic mass is 32.2. The molecule has 1 aromatic rings. The Kier molecular flexibility index (Phi) is 4.33. The van der Waals surface area contributed by atoms with Gasteiger partial charge in [-0.25, -0.2) is 0 Å². The van der Waals surface area contributed by atoms with Gasteiger partial charge in [-0.3, -0.25) is 4.90 Å². The molecule has 0 saturated carbocycles. The Balaban J connectivity index is 2.11. The summed E-state index contributed by atoms with van der Waals surface area (Å²) in [5.41, 5.74) is 6.58. The monoisotopic (exact) mass is 282 g/mol. The van der Waals surface area contributed by atoms with E-state index in [4.69, 9.17) is 10.2 Å². The Labute approximate surface area is 120 Å². The molecule has 0 amide bonds. The number of nitrogens with zero attached hydrogens (tertiary/aromatic N) is 1. The minimum atomic E-state index is 0.0904. The summed E-state index contributed by atoms with van der Waals surface area (Å²) in [6.07, 6.45) is 1.15. The number of thioether (sulfide) groups is 1. The molecule has 0 spiro atoms. The number of aryl methyl sites for hydroxylation is 1. The first kappa shape index (κ1) is 14.9. The zero-order valence-electron chi connectivity index (χ0n) is 12.5. The van der Waals surface area contributed by atoms with Gasteiger partial charge >= 0.3 is 0 Å². The van der Waals surface area contributed by atoms with E-state index >= 15 is 0 Å². The largest absolute Gasteiger partial charge is 0.465 e. The Bertz CT molecular complexity index is 430. The minimum absolute atomic E-state index is 0.0904. The SMILES string of the molecule is Cc1ccc(CN(C)C2(CN)CSCC(C)(C)C2)o1. The number of hydrogen-bond donors (Lipinski definition) is 1. The molecule has 0 bridgehead atoms. The van der Waals surface area contributed by atoms with Crippen molar-refractivity contribution >= 4 is 11.8 Å². The van der Waals surface area contributed by atoms with Crippen LogP contribution in [-0.2, 0) is 6.54 Å². The van der Waals surface area contributed by atoms with Gasteiger partial charge in [-0.2, -0.15) is 11.8 Å². The number of rotatable bonds is 4. The average molecular weight is 282 g/mol. The van der Waals surface area contributed by atoms with Gasteiger partial charge in [0.2, 0.25) is 0 Å². The first-order valence-electron chi connectivity index (χ1n) is 6.91. The van der Waals surface area contributed by atoms with Crippen molar-refractivity contribution in [2.45, 2.75) is 39.3 Å². The van der Waals surface area contributed by atoms with Crippen molar-refractivity contribution in [2.75, 3.05) is 25.1 Å². The maximum Gasteiger partial charge on any atom is 0.118 e. The Morgan fingerprint density at radius 1 is 1.37 bits per heavy atom. The Morgan fingerprint density at radius 3 is 2.63 bits per heavy atom. The van der Waals surface area contributed by atoms with Crippen molar-refractivity contribution in [3.63, 3.8) is 0 Å². The normalized spacial score (nSPS) is 26.8. The van der Waals surface area contributed by atoms with E-state index in [1.54, 1.807) is 0 Å². The van der Waals surface area contributed by atoms with Gasteiger partial charge in [-0.15, -0.1) is 0 Å². The molecule has 1 aliphatic rings. The zero-order chi connectivity index (χ0) is 14.1. The second kappa shape index (κ2) is 5.51. The van der Waals surface area contributed by atoms with Gasteiger partial charge < -0.3 is 10.2 Å². The van der Waals surface area contributed by atoms with Crippen molar-refractivity contribution in [2.24, 2.45) is 11.1 Å². The summed E-state index contributed by atoms with van der Waals surface area (Å²) < 4.78 is 5.70. The Morgan fingerprint density at radius 2 is 2.11 bits per heavy atom. The van der Waals surface area contributed by atoms with Gasteiger partial charge in [0.1, 0.15) is 11.5 Å². The topological polar surface area (TPSA) is 42.4 Å². The molecule has 2 rings (SSSR count). The number of likely N-dealkylation sites (N-methyl/N-ethyl adjacent to an activating group) is 1. The van der Waals surface area contributed by atoms with Crippen LogP contribution < -0.4 is 5.73 Å². The van der Waals surface area contributed by atoms with E-state index in [9.17, 15) is 0 Å². The first-order chi connectivity index (χ1) is 8.87. The summed E-state index contributed by atoms with van der Waals surface area (Å²) in [4.78, 5) is 2.39. The molecule has 4 heteroatoms. The smallest absolute Gasteiger partial charge is 0.118 e. The van der Waals surface area contributed by atoms with Crippen LogP contribution in [0.15, 0.2) is 16.5 Å². The maximum atomic E-state index is 6.13. The molecule has 2 heterocycles. The lowest BCUT2D eigenvalue weighted by Gasteiger charge is -2.49. The van der Waals surface area contributed by atoms with Crippen LogP contribution in [0.2, 0.25) is 0 Å². The third-order valence-corrected chi connectivity index (χ3v) is 5.78. The molecule has 1 unspecified atom stereocenters. The standard InChI is InChI=1S/C15H26N2OS/c1-12-5-6-13(18-12)7-17(4)15(9-16)8-14(2,3)10-19-11-15/h5-6H,7-11,16H2,1-4H3. The van der Waals surface area contributed by atoms with E-state index in [0.29, 0.717) is 12.0 Å². The molecular weight excluding hydrogens is 256 g/mol. The molecule has 2 N–H and O–H groups in total. The number of furan rings is 1. The molecule has 0 aliphatic carbocycles. The molecule has 0 aromatic carbocycles. The zero-order valence-corrected chi connectivity index (χ0v) is 13.3. The van der Waals surface area contributed by atoms with Crippen molar-refractivity contribution in [1.82, 2.24) is 4.90 Å². The van der Waals surface area contributed by atoms with E-state index in [1.165, 1.54) is 5.75 Å². The van der Waals surface area contributed by atoms with Crippen LogP contribution in [0, 0.1) is 12.3 Å². The lowest BCUT2D eigenvalue weighted by molar-refractivity contribution is 0.0805. The van der Waals surface area contributed by atoms with Gasteiger partial charge in [-0.05, 0) is 43.7 Å². The maximum absolute atomic E-state index is 6.13. The summed E-state index contributed by atoms with van der Waals surface area (Å²) in [5.74, 6) is 4.34. The van der Waals surface area contributed by atoms with Crippen LogP contribution in [0.5, 0.6) is 0 Å². The molecule has 0 radical (unpaired) electrons. The van der Waals surface area contributed by atoms with Crippen molar-refractivity contribution in [3.05, 3.63) is 23.7 Å². The van der Waals surface area contributed by atoms with E-state index in [2.05, 4.69) is 31.9 Å². The van der Waals surface area contributed by atoms with Gasteiger partial charge in [0.25, 0.3) is 0 Å². The van der Waals surface area contributed by atoms with Crippen LogP contribution >= 0.6 is 11.8 Å². The predicted molar refractivity (Wildman–Crippen MR) is 82.4 cm³/mol. The Hall–Kier alpha value is -0.450. The van der Waals surface area contributed by atoms with E-state index in [1.807, 2.05) is 24.8 Å². The fourth-order valence-electron chi connectivity index (χ4n) is 3.01. The summed E-state index contributed by atoms with van der Waals surface area (Å²) in [6, 6.07) is 4.09. The number of hydrogen-bond acceptors (Lipinski definition) is 4. The van der Waals surface area contributed by atoms with Gasteiger partial charge in [0.15, 0.2) is 0 Å². The molecular formula is C15H26N2OS. The summed E-state index contributed by atoms with van der Waals surface area (Å²) in [7, 11) is 2.17. The van der Waals surface area contributed by atoms with E-state index < -0.39 is 0 Å². The fraction of sp³-hybridized carbons (Fsp3) is 0.733. The summed E-state index contributed by atoms with van der Waals surface area (Å²) >= 11 is 2.03. The van der Waals surface area contributed by atoms with Crippen LogP contribution in [0.4, 0.5) is 0 Å². The molecule has 19 heavy (non-hydrogen) atoms. The van der Waals surface area contributed by atoms with Gasteiger partial charge in [0, 0.05) is 17.8 Å². The van der Waals surface area contributed by atoms with Gasteiger partial charge in [0.05, 0.1) is 6.54 Å². The number of nitrogens with two attached hydrogens (primary N) is 1. The van der Waals surface area contributed by atoms with Crippen LogP contribution in [0.3, 0.4) is 0 Å². The minimum Gasteiger partial charge on any atom is -0.465 e. The molecule has 1 saturated heterocycles. The van der Waals surface area contributed by atoms with Crippen LogP contribution in [0.25, 0.3) is 0 Å². The third kappa shape index (κ3) is 3.36. The van der Waals surface area contributed by atoms with Crippen molar-refractivity contribution in [3.8, 4) is 0 Å². The molecule has 1 atom stereocenters. The summed E-state index contributed by atoms with van der Waals surface area (Å²) in [6.45, 7) is 8.21. The fourth-order valence-corrected chi connectivity index (χ4v) is 4.59. The highest BCUT2D eigenvalue weighted by molar-refractivity contribution is 7.99. The second-order valence-electron chi connectivity index (χ2n) is 6.63. The van der Waals surface area contributed by atoms with Crippen molar-refractivity contribution in [1.29, 1.82) is 0 Å². The molecule has 1 aliphatic heterocycles. The average Bonchev–Trinajstić information content (AvgIpc) is 2.73. The lowest BCUT2D eigenvalue weighted by Crippen LogP contribution is -2.58. The third-order valence-electron chi connectivity index (χ3n) is 4.05. The lowest BCUT2D eigenvalue weighted by atomic mass is 9.79. The predicted octanol–water partition coefficient (Wildman–Crippen LogP) is 2.88. The molecule has 3 nitrogen and oxygen atoms in total. The second-order valence-corrected chi connectivity index (χ2v) is 7.62. The highest BCUT2D eigenvalue weighted by Gasteiger charge is 2.42. The highest BCUT2D eigenvalue weighted by Crippen LogP contribution is 2.41. The molecule has 1 fully saturated rings. The van der Waals surface area contributed by atoms with Crippen molar-refractivity contribution < 1.29 is 4.42 Å². The molecule has 1 aromatic heterocycles. The van der Waals surface area contributed by atoms with Crippen LogP contribution in [0.1, 0.15) is 31.8 Å². The molecule has 108 valence electrons.